The third kappa shape index (κ3) is 3.80. The minimum atomic E-state index is 0.0192. The molecule has 8 nitrogen and oxygen atoms in total. The largest absolute Gasteiger partial charge is 0.370 e. The summed E-state index contributed by atoms with van der Waals surface area (Å²) in [6.07, 6.45) is 8.65. The van der Waals surface area contributed by atoms with Crippen LogP contribution in [0.3, 0.4) is 0 Å². The van der Waals surface area contributed by atoms with Crippen molar-refractivity contribution in [2.45, 2.75) is 12.5 Å². The van der Waals surface area contributed by atoms with Crippen molar-refractivity contribution in [3.8, 4) is 0 Å². The molecule has 3 aromatic rings. The van der Waals surface area contributed by atoms with Crippen LogP contribution in [0.4, 0.5) is 0 Å². The summed E-state index contributed by atoms with van der Waals surface area (Å²) in [5, 5.41) is 8.91. The van der Waals surface area contributed by atoms with Gasteiger partial charge in [-0.25, -0.2) is 4.98 Å². The number of aromatic nitrogens is 4. The molecule has 2 N–H and O–H groups in total. The number of nitrogens with one attached hydrogen (secondary N) is 2. The van der Waals surface area contributed by atoms with E-state index in [1.54, 1.807) is 10.9 Å². The minimum absolute atomic E-state index is 0.0192. The Morgan fingerprint density at radius 1 is 1.48 bits per heavy atom. The quantitative estimate of drug-likeness (QED) is 0.539. The number of aryl methyl sites for hydroxylation is 1. The fourth-order valence-corrected chi connectivity index (χ4v) is 3.51. The predicted octanol–water partition coefficient (Wildman–Crippen LogP) is 1.49. The molecule has 0 saturated carbocycles. The molecule has 1 saturated heterocycles. The number of fused-ring (bicyclic) bond motifs is 1. The van der Waals surface area contributed by atoms with Crippen LogP contribution >= 0.6 is 0 Å². The van der Waals surface area contributed by atoms with Gasteiger partial charge in [0.25, 0.3) is 0 Å². The van der Waals surface area contributed by atoms with Crippen LogP contribution in [0.1, 0.15) is 17.2 Å². The van der Waals surface area contributed by atoms with Crippen molar-refractivity contribution >= 4 is 17.0 Å². The number of morpholine rings is 1. The monoisotopic (exact) mass is 367 g/mol. The molecule has 1 unspecified atom stereocenters. The highest BCUT2D eigenvalue weighted by Gasteiger charge is 2.25. The Morgan fingerprint density at radius 3 is 3.22 bits per heavy atom. The number of ether oxygens (including phenoxy) is 1. The number of pyridine rings is 1. The van der Waals surface area contributed by atoms with Gasteiger partial charge in [0.15, 0.2) is 5.96 Å². The summed E-state index contributed by atoms with van der Waals surface area (Å²) in [7, 11) is 3.75. The molecule has 0 aromatic carbocycles. The molecule has 4 heterocycles. The molecule has 1 aliphatic rings. The summed E-state index contributed by atoms with van der Waals surface area (Å²) in [6, 6.07) is 4.07. The van der Waals surface area contributed by atoms with Gasteiger partial charge < -0.3 is 19.9 Å². The van der Waals surface area contributed by atoms with E-state index in [4.69, 9.17) is 4.74 Å². The van der Waals surface area contributed by atoms with E-state index in [0.29, 0.717) is 6.61 Å². The van der Waals surface area contributed by atoms with Gasteiger partial charge >= 0.3 is 0 Å². The topological polar surface area (TPSA) is 83.4 Å². The molecule has 0 amide bonds. The molecule has 1 atom stereocenters. The number of H-pyrrole nitrogens is 1. The lowest BCUT2D eigenvalue weighted by atomic mass is 10.1. The van der Waals surface area contributed by atoms with E-state index >= 15 is 0 Å². The van der Waals surface area contributed by atoms with E-state index in [9.17, 15) is 0 Å². The SMILES string of the molecule is CN=C(NCCc1c[nH]c2ncccc12)N1CCOC(c2cnn(C)c2)C1. The second-order valence-corrected chi connectivity index (χ2v) is 6.69. The zero-order valence-corrected chi connectivity index (χ0v) is 15.7. The minimum Gasteiger partial charge on any atom is -0.370 e. The van der Waals surface area contributed by atoms with Crippen LogP contribution in [0, 0.1) is 0 Å². The van der Waals surface area contributed by atoms with Gasteiger partial charge in [-0.05, 0) is 24.1 Å². The smallest absolute Gasteiger partial charge is 0.193 e. The third-order valence-corrected chi connectivity index (χ3v) is 4.89. The molecule has 142 valence electrons. The lowest BCUT2D eigenvalue weighted by Gasteiger charge is -2.34. The molecular weight excluding hydrogens is 342 g/mol. The van der Waals surface area contributed by atoms with Crippen molar-refractivity contribution in [2.75, 3.05) is 33.3 Å². The average molecular weight is 367 g/mol. The molecule has 8 heteroatoms. The molecule has 0 aliphatic carbocycles. The second kappa shape index (κ2) is 7.79. The van der Waals surface area contributed by atoms with Crippen LogP contribution in [-0.4, -0.2) is 63.9 Å². The Morgan fingerprint density at radius 2 is 2.41 bits per heavy atom. The highest BCUT2D eigenvalue weighted by Crippen LogP contribution is 2.21. The van der Waals surface area contributed by atoms with Gasteiger partial charge in [0.05, 0.1) is 19.3 Å². The number of aromatic amines is 1. The summed E-state index contributed by atoms with van der Waals surface area (Å²) >= 11 is 0. The van der Waals surface area contributed by atoms with Gasteiger partial charge in [-0.2, -0.15) is 5.10 Å². The first-order valence-electron chi connectivity index (χ1n) is 9.21. The number of hydrogen-bond donors (Lipinski definition) is 2. The maximum Gasteiger partial charge on any atom is 0.193 e. The van der Waals surface area contributed by atoms with Crippen LogP contribution in [0.2, 0.25) is 0 Å². The van der Waals surface area contributed by atoms with Crippen LogP contribution < -0.4 is 5.32 Å². The summed E-state index contributed by atoms with van der Waals surface area (Å²) < 4.78 is 7.73. The summed E-state index contributed by atoms with van der Waals surface area (Å²) in [4.78, 5) is 14.3. The van der Waals surface area contributed by atoms with Crippen molar-refractivity contribution in [3.63, 3.8) is 0 Å². The Bertz CT molecular complexity index is 929. The number of nitrogens with zero attached hydrogens (tertiary/aromatic N) is 5. The standard InChI is InChI=1S/C19H25N7O/c1-20-19(22-7-5-14-10-23-18-16(14)4-3-6-21-18)26-8-9-27-17(13-26)15-11-24-25(2)12-15/h3-4,6,10-12,17H,5,7-9,13H2,1-2H3,(H,20,22)(H,21,23). The van der Waals surface area contributed by atoms with E-state index in [-0.39, 0.29) is 6.10 Å². The van der Waals surface area contributed by atoms with Crippen LogP contribution in [-0.2, 0) is 18.2 Å². The van der Waals surface area contributed by atoms with Gasteiger partial charge in [-0.1, -0.05) is 0 Å². The molecule has 0 bridgehead atoms. The van der Waals surface area contributed by atoms with E-state index in [1.165, 1.54) is 10.9 Å². The van der Waals surface area contributed by atoms with E-state index in [2.05, 4.69) is 36.3 Å². The lowest BCUT2D eigenvalue weighted by Crippen LogP contribution is -2.48. The van der Waals surface area contributed by atoms with Crippen LogP contribution in [0.15, 0.2) is 41.9 Å². The van der Waals surface area contributed by atoms with Crippen molar-refractivity contribution in [1.82, 2.24) is 30.0 Å². The molecule has 1 aliphatic heterocycles. The van der Waals surface area contributed by atoms with E-state index in [1.807, 2.05) is 38.8 Å². The fourth-order valence-electron chi connectivity index (χ4n) is 3.51. The summed E-state index contributed by atoms with van der Waals surface area (Å²) in [5.41, 5.74) is 3.30. The third-order valence-electron chi connectivity index (χ3n) is 4.89. The van der Waals surface area contributed by atoms with Gasteiger partial charge in [0.2, 0.25) is 0 Å². The number of guanidine groups is 1. The molecule has 3 aromatic heterocycles. The van der Waals surface area contributed by atoms with E-state index in [0.717, 1.165) is 43.2 Å². The van der Waals surface area contributed by atoms with Crippen LogP contribution in [0.25, 0.3) is 11.0 Å². The number of hydrogen-bond acceptors (Lipinski definition) is 4. The zero-order chi connectivity index (χ0) is 18.6. The van der Waals surface area contributed by atoms with Crippen molar-refractivity contribution in [1.29, 1.82) is 0 Å². The van der Waals surface area contributed by atoms with Crippen LogP contribution in [0.5, 0.6) is 0 Å². The lowest BCUT2D eigenvalue weighted by molar-refractivity contribution is -0.00800. The van der Waals surface area contributed by atoms with Gasteiger partial charge in [0.1, 0.15) is 11.8 Å². The molecule has 1 fully saturated rings. The summed E-state index contributed by atoms with van der Waals surface area (Å²) in [6.45, 7) is 3.08. The molecule has 0 spiro atoms. The molecule has 27 heavy (non-hydrogen) atoms. The summed E-state index contributed by atoms with van der Waals surface area (Å²) in [5.74, 6) is 0.908. The van der Waals surface area contributed by atoms with E-state index < -0.39 is 0 Å². The maximum atomic E-state index is 5.92. The first kappa shape index (κ1) is 17.5. The molecular formula is C19H25N7O. The maximum absolute atomic E-state index is 5.92. The molecule has 0 radical (unpaired) electrons. The number of rotatable bonds is 4. The first-order valence-corrected chi connectivity index (χ1v) is 9.21. The van der Waals surface area contributed by atoms with Gasteiger partial charge in [0, 0.05) is 56.7 Å². The predicted molar refractivity (Wildman–Crippen MR) is 105 cm³/mol. The highest BCUT2D eigenvalue weighted by atomic mass is 16.5. The van der Waals surface area contributed by atoms with Crippen molar-refractivity contribution in [2.24, 2.45) is 12.0 Å². The van der Waals surface area contributed by atoms with Gasteiger partial charge in [-0.3, -0.25) is 9.67 Å². The first-order chi connectivity index (χ1) is 13.2. The molecule has 4 rings (SSSR count). The Labute approximate surface area is 158 Å². The normalized spacial score (nSPS) is 18.2. The Hall–Kier alpha value is -2.87. The second-order valence-electron chi connectivity index (χ2n) is 6.69. The van der Waals surface area contributed by atoms with Crippen molar-refractivity contribution < 1.29 is 4.74 Å². The fraction of sp³-hybridized carbons (Fsp3) is 0.421. The highest BCUT2D eigenvalue weighted by molar-refractivity contribution is 5.81. The average Bonchev–Trinajstić information content (AvgIpc) is 3.32. The number of aliphatic imine (C=N–C) groups is 1. The Balaban J connectivity index is 1.36. The van der Waals surface area contributed by atoms with Crippen molar-refractivity contribution in [3.05, 3.63) is 48.0 Å². The Kier molecular flexibility index (Phi) is 5.06. The zero-order valence-electron chi connectivity index (χ0n) is 15.7. The van der Waals surface area contributed by atoms with Gasteiger partial charge in [-0.15, -0.1) is 0 Å².